The van der Waals surface area contributed by atoms with E-state index in [-0.39, 0.29) is 0 Å². The van der Waals surface area contributed by atoms with E-state index in [1.54, 1.807) is 0 Å². The molecule has 5 heteroatoms. The molecule has 1 aliphatic rings. The van der Waals surface area contributed by atoms with E-state index < -0.39 is 0 Å². The van der Waals surface area contributed by atoms with Gasteiger partial charge in [-0.25, -0.2) is 4.98 Å². The van der Waals surface area contributed by atoms with Crippen molar-refractivity contribution in [1.82, 2.24) is 19.4 Å². The summed E-state index contributed by atoms with van der Waals surface area (Å²) in [7, 11) is 0. The molecule has 2 heterocycles. The molecule has 0 saturated carbocycles. The number of nitrogens with zero attached hydrogens (tertiary/aromatic N) is 4. The van der Waals surface area contributed by atoms with Gasteiger partial charge in [0.15, 0.2) is 0 Å². The van der Waals surface area contributed by atoms with E-state index >= 15 is 0 Å². The summed E-state index contributed by atoms with van der Waals surface area (Å²) in [5.74, 6) is 1.10. The second-order valence-corrected chi connectivity index (χ2v) is 5.13. The van der Waals surface area contributed by atoms with E-state index in [1.807, 2.05) is 6.20 Å². The second-order valence-electron chi connectivity index (χ2n) is 5.13. The zero-order valence-electron chi connectivity index (χ0n) is 11.5. The quantitative estimate of drug-likeness (QED) is 0.810. The summed E-state index contributed by atoms with van der Waals surface area (Å²) < 4.78 is 2.22. The minimum atomic E-state index is 0.517. The van der Waals surface area contributed by atoms with Crippen LogP contribution in [0, 0.1) is 6.92 Å². The first-order valence-corrected chi connectivity index (χ1v) is 6.85. The van der Waals surface area contributed by atoms with E-state index in [0.29, 0.717) is 6.04 Å². The van der Waals surface area contributed by atoms with Crippen LogP contribution in [0.1, 0.15) is 12.7 Å². The number of nitrogens with two attached hydrogens (primary N) is 1. The molecule has 0 spiro atoms. The van der Waals surface area contributed by atoms with Crippen LogP contribution in [0.15, 0.2) is 12.4 Å². The van der Waals surface area contributed by atoms with Gasteiger partial charge in [-0.05, 0) is 13.8 Å². The number of rotatable bonds is 5. The summed E-state index contributed by atoms with van der Waals surface area (Å²) in [4.78, 5) is 9.26. The number of piperazine rings is 1. The van der Waals surface area contributed by atoms with Crippen LogP contribution in [0.5, 0.6) is 0 Å². The number of aromatic nitrogens is 2. The third-order valence-corrected chi connectivity index (χ3v) is 3.95. The van der Waals surface area contributed by atoms with Crippen LogP contribution in [0.25, 0.3) is 0 Å². The highest BCUT2D eigenvalue weighted by atomic mass is 15.3. The SMILES string of the molecule is Cc1nccn1CCN1CCN(C(C)CN)CC1. The Morgan fingerprint density at radius 2 is 2.00 bits per heavy atom. The maximum absolute atomic E-state index is 5.71. The number of imidazole rings is 1. The van der Waals surface area contributed by atoms with Gasteiger partial charge in [0.1, 0.15) is 5.82 Å². The molecule has 18 heavy (non-hydrogen) atoms. The Morgan fingerprint density at radius 3 is 2.56 bits per heavy atom. The molecule has 5 nitrogen and oxygen atoms in total. The molecule has 1 atom stereocenters. The number of aryl methyl sites for hydroxylation is 1. The van der Waals surface area contributed by atoms with E-state index in [2.05, 4.69) is 39.4 Å². The summed E-state index contributed by atoms with van der Waals surface area (Å²) in [5.41, 5.74) is 5.71. The zero-order valence-corrected chi connectivity index (χ0v) is 11.5. The predicted molar refractivity (Wildman–Crippen MR) is 73.5 cm³/mol. The van der Waals surface area contributed by atoms with Crippen molar-refractivity contribution in [3.63, 3.8) is 0 Å². The first kappa shape index (κ1) is 13.5. The summed E-state index contributed by atoms with van der Waals surface area (Å²) in [6.45, 7) is 11.8. The summed E-state index contributed by atoms with van der Waals surface area (Å²) >= 11 is 0. The minimum Gasteiger partial charge on any atom is -0.334 e. The van der Waals surface area contributed by atoms with E-state index in [1.165, 1.54) is 0 Å². The molecule has 1 aromatic heterocycles. The third-order valence-electron chi connectivity index (χ3n) is 3.95. The highest BCUT2D eigenvalue weighted by molar-refractivity contribution is 4.88. The summed E-state index contributed by atoms with van der Waals surface area (Å²) in [5, 5.41) is 0. The summed E-state index contributed by atoms with van der Waals surface area (Å²) in [6.07, 6.45) is 3.93. The van der Waals surface area contributed by atoms with Crippen LogP contribution < -0.4 is 5.73 Å². The number of hydrogen-bond donors (Lipinski definition) is 1. The third kappa shape index (κ3) is 3.31. The normalized spacial score (nSPS) is 20.2. The van der Waals surface area contributed by atoms with Crippen molar-refractivity contribution >= 4 is 0 Å². The molecule has 0 aromatic carbocycles. The minimum absolute atomic E-state index is 0.517. The fourth-order valence-corrected chi connectivity index (χ4v) is 2.47. The fraction of sp³-hybridized carbons (Fsp3) is 0.769. The highest BCUT2D eigenvalue weighted by Gasteiger charge is 2.19. The predicted octanol–water partition coefficient (Wildman–Crippen LogP) is 0.156. The lowest BCUT2D eigenvalue weighted by Gasteiger charge is -2.37. The lowest BCUT2D eigenvalue weighted by molar-refractivity contribution is 0.102. The lowest BCUT2D eigenvalue weighted by atomic mass is 10.2. The van der Waals surface area contributed by atoms with Gasteiger partial charge in [-0.15, -0.1) is 0 Å². The Balaban J connectivity index is 1.72. The topological polar surface area (TPSA) is 50.3 Å². The van der Waals surface area contributed by atoms with Crippen molar-refractivity contribution in [2.24, 2.45) is 5.73 Å². The van der Waals surface area contributed by atoms with Gasteiger partial charge in [0.2, 0.25) is 0 Å². The highest BCUT2D eigenvalue weighted by Crippen LogP contribution is 2.06. The lowest BCUT2D eigenvalue weighted by Crippen LogP contribution is -2.51. The van der Waals surface area contributed by atoms with Gasteiger partial charge in [-0.3, -0.25) is 9.80 Å². The van der Waals surface area contributed by atoms with Gasteiger partial charge >= 0.3 is 0 Å². The van der Waals surface area contributed by atoms with Gasteiger partial charge in [0, 0.05) is 64.2 Å². The average Bonchev–Trinajstić information content (AvgIpc) is 2.81. The maximum Gasteiger partial charge on any atom is 0.105 e. The Morgan fingerprint density at radius 1 is 1.28 bits per heavy atom. The van der Waals surface area contributed by atoms with Crippen molar-refractivity contribution < 1.29 is 0 Å². The monoisotopic (exact) mass is 251 g/mol. The molecule has 2 rings (SSSR count). The van der Waals surface area contributed by atoms with Crippen LogP contribution in [0.3, 0.4) is 0 Å². The van der Waals surface area contributed by atoms with Crippen molar-refractivity contribution in [2.75, 3.05) is 39.3 Å². The molecule has 0 aliphatic carbocycles. The fourth-order valence-electron chi connectivity index (χ4n) is 2.47. The Kier molecular flexibility index (Phi) is 4.74. The van der Waals surface area contributed by atoms with Crippen molar-refractivity contribution in [3.8, 4) is 0 Å². The van der Waals surface area contributed by atoms with E-state index in [9.17, 15) is 0 Å². The molecule has 0 bridgehead atoms. The molecule has 102 valence electrons. The maximum atomic E-state index is 5.71. The van der Waals surface area contributed by atoms with Crippen LogP contribution >= 0.6 is 0 Å². The molecule has 1 unspecified atom stereocenters. The number of hydrogen-bond acceptors (Lipinski definition) is 4. The Labute approximate surface area is 110 Å². The van der Waals surface area contributed by atoms with Gasteiger partial charge < -0.3 is 10.3 Å². The molecule has 1 saturated heterocycles. The first-order chi connectivity index (χ1) is 8.70. The van der Waals surface area contributed by atoms with Crippen molar-refractivity contribution in [3.05, 3.63) is 18.2 Å². The molecular weight excluding hydrogens is 226 g/mol. The summed E-state index contributed by atoms with van der Waals surface area (Å²) in [6, 6.07) is 0.517. The van der Waals surface area contributed by atoms with E-state index in [0.717, 1.165) is 51.6 Å². The van der Waals surface area contributed by atoms with Crippen LogP contribution in [0.4, 0.5) is 0 Å². The van der Waals surface area contributed by atoms with Crippen LogP contribution in [-0.4, -0.2) is 64.7 Å². The van der Waals surface area contributed by atoms with Gasteiger partial charge in [0.05, 0.1) is 0 Å². The standard InChI is InChI=1S/C13H25N5/c1-12(11-14)17-8-5-16(6-9-17)7-10-18-4-3-15-13(18)2/h3-4,12H,5-11,14H2,1-2H3. The van der Waals surface area contributed by atoms with Crippen molar-refractivity contribution in [2.45, 2.75) is 26.4 Å². The first-order valence-electron chi connectivity index (χ1n) is 6.85. The molecule has 0 radical (unpaired) electrons. The second kappa shape index (κ2) is 6.31. The molecule has 0 amide bonds. The molecule has 1 aromatic rings. The molecular formula is C13H25N5. The Hall–Kier alpha value is -0.910. The zero-order chi connectivity index (χ0) is 13.0. The van der Waals surface area contributed by atoms with Gasteiger partial charge in [-0.1, -0.05) is 0 Å². The molecule has 1 fully saturated rings. The largest absolute Gasteiger partial charge is 0.334 e. The van der Waals surface area contributed by atoms with E-state index in [4.69, 9.17) is 5.73 Å². The van der Waals surface area contributed by atoms with Crippen LogP contribution in [-0.2, 0) is 6.54 Å². The van der Waals surface area contributed by atoms with Gasteiger partial charge in [0.25, 0.3) is 0 Å². The smallest absolute Gasteiger partial charge is 0.105 e. The molecule has 2 N–H and O–H groups in total. The van der Waals surface area contributed by atoms with Crippen LogP contribution in [0.2, 0.25) is 0 Å². The van der Waals surface area contributed by atoms with Gasteiger partial charge in [-0.2, -0.15) is 0 Å². The van der Waals surface area contributed by atoms with Crippen molar-refractivity contribution in [1.29, 1.82) is 0 Å². The molecule has 1 aliphatic heterocycles. The average molecular weight is 251 g/mol. The Bertz CT molecular complexity index is 354.